The lowest BCUT2D eigenvalue weighted by atomic mass is 10.1. The molecule has 4 nitrogen and oxygen atoms in total. The zero-order valence-electron chi connectivity index (χ0n) is 13.4. The van der Waals surface area contributed by atoms with E-state index in [4.69, 9.17) is 9.84 Å². The molecular weight excluding hydrogens is 286 g/mol. The number of para-hydroxylation sites is 2. The normalized spacial score (nSPS) is 11.3. The van der Waals surface area contributed by atoms with Crippen LogP contribution in [-0.4, -0.2) is 21.9 Å². The molecule has 4 aromatic rings. The third kappa shape index (κ3) is 1.99. The first-order valence-electron chi connectivity index (χ1n) is 7.58. The van der Waals surface area contributed by atoms with Crippen molar-refractivity contribution >= 4 is 21.8 Å². The number of aromatic nitrogens is 3. The van der Waals surface area contributed by atoms with Crippen molar-refractivity contribution in [2.24, 2.45) is 0 Å². The molecule has 2 aromatic heterocycles. The van der Waals surface area contributed by atoms with E-state index in [9.17, 15) is 0 Å². The molecule has 0 unspecified atom stereocenters. The lowest BCUT2D eigenvalue weighted by Crippen LogP contribution is -2.00. The zero-order valence-corrected chi connectivity index (χ0v) is 13.4. The number of ether oxygens (including phenoxy) is 1. The maximum atomic E-state index is 5.42. The Kier molecular flexibility index (Phi) is 3.05. The van der Waals surface area contributed by atoms with Crippen molar-refractivity contribution in [2.45, 2.75) is 13.8 Å². The smallest absolute Gasteiger partial charge is 0.145 e. The summed E-state index contributed by atoms with van der Waals surface area (Å²) in [6, 6.07) is 14.2. The highest BCUT2D eigenvalue weighted by Gasteiger charge is 2.15. The minimum Gasteiger partial charge on any atom is -0.494 e. The van der Waals surface area contributed by atoms with Crippen molar-refractivity contribution in [2.75, 3.05) is 7.11 Å². The third-order valence-corrected chi connectivity index (χ3v) is 4.30. The second-order valence-corrected chi connectivity index (χ2v) is 5.66. The van der Waals surface area contributed by atoms with Gasteiger partial charge in [0.05, 0.1) is 18.5 Å². The lowest BCUT2D eigenvalue weighted by Gasteiger charge is -2.07. The monoisotopic (exact) mass is 303 g/mol. The van der Waals surface area contributed by atoms with Crippen LogP contribution >= 0.6 is 0 Å². The van der Waals surface area contributed by atoms with Crippen LogP contribution in [0.5, 0.6) is 5.75 Å². The van der Waals surface area contributed by atoms with E-state index < -0.39 is 0 Å². The second kappa shape index (κ2) is 5.09. The quantitative estimate of drug-likeness (QED) is 0.557. The fourth-order valence-electron chi connectivity index (χ4n) is 3.04. The second-order valence-electron chi connectivity index (χ2n) is 5.66. The van der Waals surface area contributed by atoms with E-state index in [1.54, 1.807) is 7.11 Å². The van der Waals surface area contributed by atoms with Gasteiger partial charge in [-0.1, -0.05) is 30.3 Å². The van der Waals surface area contributed by atoms with Gasteiger partial charge in [-0.05, 0) is 31.5 Å². The van der Waals surface area contributed by atoms with E-state index in [0.29, 0.717) is 0 Å². The van der Waals surface area contributed by atoms with E-state index >= 15 is 0 Å². The number of nitrogens with zero attached hydrogens (tertiary/aromatic N) is 3. The molecule has 0 amide bonds. The molecule has 4 rings (SSSR count). The Hall–Kier alpha value is -2.88. The minimum atomic E-state index is 0.771. The molecule has 0 aliphatic carbocycles. The lowest BCUT2D eigenvalue weighted by molar-refractivity contribution is 0.419. The molecule has 2 aromatic carbocycles. The first-order valence-corrected chi connectivity index (χ1v) is 7.58. The number of methoxy groups -OCH3 is 1. The van der Waals surface area contributed by atoms with Gasteiger partial charge in [0.25, 0.3) is 0 Å². The Morgan fingerprint density at radius 1 is 0.913 bits per heavy atom. The summed E-state index contributed by atoms with van der Waals surface area (Å²) in [6.07, 6.45) is 1.89. The molecule has 23 heavy (non-hydrogen) atoms. The number of hydrogen-bond acceptors (Lipinski definition) is 3. The van der Waals surface area contributed by atoms with Gasteiger partial charge in [0, 0.05) is 17.0 Å². The van der Waals surface area contributed by atoms with E-state index in [0.717, 1.165) is 38.9 Å². The standard InChI is InChI=1S/C19H17N3O/c1-12-7-4-5-9-16(12)22-13(2)15-11-20-19-14(18(15)21-22)8-6-10-17(19)23-3/h4-11H,1-3H3. The summed E-state index contributed by atoms with van der Waals surface area (Å²) in [5.41, 5.74) is 5.17. The molecule has 0 aliphatic rings. The molecule has 0 spiro atoms. The summed E-state index contributed by atoms with van der Waals surface area (Å²) in [7, 11) is 1.66. The first-order chi connectivity index (χ1) is 11.2. The van der Waals surface area contributed by atoms with Crippen molar-refractivity contribution < 1.29 is 4.74 Å². The van der Waals surface area contributed by atoms with Crippen LogP contribution in [-0.2, 0) is 0 Å². The largest absolute Gasteiger partial charge is 0.494 e. The van der Waals surface area contributed by atoms with Gasteiger partial charge in [-0.3, -0.25) is 4.98 Å². The van der Waals surface area contributed by atoms with Crippen molar-refractivity contribution in [1.29, 1.82) is 0 Å². The maximum Gasteiger partial charge on any atom is 0.145 e. The van der Waals surface area contributed by atoms with E-state index in [2.05, 4.69) is 31.0 Å². The van der Waals surface area contributed by atoms with Crippen LogP contribution in [0.4, 0.5) is 0 Å². The Labute approximate surface area is 134 Å². The van der Waals surface area contributed by atoms with E-state index in [1.807, 2.05) is 41.2 Å². The molecule has 0 saturated carbocycles. The maximum absolute atomic E-state index is 5.42. The van der Waals surface area contributed by atoms with Gasteiger partial charge in [-0.25, -0.2) is 4.68 Å². The van der Waals surface area contributed by atoms with Gasteiger partial charge in [-0.2, -0.15) is 5.10 Å². The van der Waals surface area contributed by atoms with Gasteiger partial charge in [-0.15, -0.1) is 0 Å². The summed E-state index contributed by atoms with van der Waals surface area (Å²) >= 11 is 0. The van der Waals surface area contributed by atoms with Gasteiger partial charge < -0.3 is 4.74 Å². The summed E-state index contributed by atoms with van der Waals surface area (Å²) in [6.45, 7) is 4.18. The van der Waals surface area contributed by atoms with Crippen molar-refractivity contribution in [1.82, 2.24) is 14.8 Å². The summed E-state index contributed by atoms with van der Waals surface area (Å²) in [5.74, 6) is 0.771. The number of rotatable bonds is 2. The van der Waals surface area contributed by atoms with Crippen LogP contribution in [0, 0.1) is 13.8 Å². The fraction of sp³-hybridized carbons (Fsp3) is 0.158. The molecule has 0 atom stereocenters. The van der Waals surface area contributed by atoms with Gasteiger partial charge in [0.1, 0.15) is 16.8 Å². The highest BCUT2D eigenvalue weighted by atomic mass is 16.5. The molecule has 0 aliphatic heterocycles. The van der Waals surface area contributed by atoms with Crippen LogP contribution in [0.1, 0.15) is 11.3 Å². The van der Waals surface area contributed by atoms with Gasteiger partial charge in [0.15, 0.2) is 0 Å². The first kappa shape index (κ1) is 13.8. The van der Waals surface area contributed by atoms with Crippen molar-refractivity contribution in [3.63, 3.8) is 0 Å². The average Bonchev–Trinajstić information content (AvgIpc) is 2.92. The number of fused-ring (bicyclic) bond motifs is 3. The Morgan fingerprint density at radius 3 is 2.52 bits per heavy atom. The predicted molar refractivity (Wildman–Crippen MR) is 92.4 cm³/mol. The molecule has 0 bridgehead atoms. The molecule has 0 fully saturated rings. The number of aryl methyl sites for hydroxylation is 2. The topological polar surface area (TPSA) is 39.9 Å². The predicted octanol–water partition coefficient (Wildman–Crippen LogP) is 4.20. The van der Waals surface area contributed by atoms with Crippen LogP contribution in [0.15, 0.2) is 48.7 Å². The Balaban J connectivity index is 2.08. The molecule has 114 valence electrons. The van der Waals surface area contributed by atoms with Crippen molar-refractivity contribution in [3.8, 4) is 11.4 Å². The molecule has 4 heteroatoms. The van der Waals surface area contributed by atoms with Crippen LogP contribution in [0.3, 0.4) is 0 Å². The highest BCUT2D eigenvalue weighted by molar-refractivity contribution is 6.05. The number of pyridine rings is 1. The Morgan fingerprint density at radius 2 is 1.74 bits per heavy atom. The van der Waals surface area contributed by atoms with Crippen LogP contribution in [0.25, 0.3) is 27.5 Å². The SMILES string of the molecule is COc1cccc2c1ncc1c(C)n(-c3ccccc3C)nc12. The molecule has 0 N–H and O–H groups in total. The Bertz CT molecular complexity index is 1030. The fourth-order valence-corrected chi connectivity index (χ4v) is 3.04. The minimum absolute atomic E-state index is 0.771. The van der Waals surface area contributed by atoms with Crippen molar-refractivity contribution in [3.05, 3.63) is 59.9 Å². The summed E-state index contributed by atoms with van der Waals surface area (Å²) in [5, 5.41) is 6.94. The van der Waals surface area contributed by atoms with E-state index in [-0.39, 0.29) is 0 Å². The molecule has 2 heterocycles. The number of hydrogen-bond donors (Lipinski definition) is 0. The average molecular weight is 303 g/mol. The van der Waals surface area contributed by atoms with E-state index in [1.165, 1.54) is 5.56 Å². The van der Waals surface area contributed by atoms with Gasteiger partial charge in [0.2, 0.25) is 0 Å². The zero-order chi connectivity index (χ0) is 16.0. The summed E-state index contributed by atoms with van der Waals surface area (Å²) in [4.78, 5) is 4.59. The molecule has 0 saturated heterocycles. The van der Waals surface area contributed by atoms with Crippen LogP contribution < -0.4 is 4.74 Å². The molecule has 0 radical (unpaired) electrons. The summed E-state index contributed by atoms with van der Waals surface area (Å²) < 4.78 is 7.42. The molecular formula is C19H17N3O. The van der Waals surface area contributed by atoms with Gasteiger partial charge >= 0.3 is 0 Å². The number of benzene rings is 2. The van der Waals surface area contributed by atoms with Crippen LogP contribution in [0.2, 0.25) is 0 Å². The highest BCUT2D eigenvalue weighted by Crippen LogP contribution is 2.31. The third-order valence-electron chi connectivity index (χ3n) is 4.30.